The fourth-order valence-electron chi connectivity index (χ4n) is 4.00. The number of likely N-dealkylation sites (tertiary alicyclic amines) is 1. The number of hydrogen-bond donors (Lipinski definition) is 2. The van der Waals surface area contributed by atoms with Crippen LogP contribution in [0.4, 0.5) is 0 Å². The van der Waals surface area contributed by atoms with E-state index < -0.39 is 0 Å². The molecule has 0 spiro atoms. The van der Waals surface area contributed by atoms with Crippen molar-refractivity contribution < 1.29 is 4.79 Å². The van der Waals surface area contributed by atoms with Crippen LogP contribution < -0.4 is 11.3 Å². The molecule has 21 heavy (non-hydrogen) atoms. The fourth-order valence-corrected chi connectivity index (χ4v) is 4.00. The topological polar surface area (TPSA) is 58.4 Å². The van der Waals surface area contributed by atoms with Gasteiger partial charge in [0.25, 0.3) is 5.91 Å². The number of amides is 1. The lowest BCUT2D eigenvalue weighted by Crippen LogP contribution is -2.46. The van der Waals surface area contributed by atoms with Gasteiger partial charge in [-0.2, -0.15) is 0 Å². The first kappa shape index (κ1) is 14.5. The van der Waals surface area contributed by atoms with Crippen molar-refractivity contribution >= 4 is 5.91 Å². The van der Waals surface area contributed by atoms with Crippen LogP contribution in [0.25, 0.3) is 0 Å². The summed E-state index contributed by atoms with van der Waals surface area (Å²) >= 11 is 0. The Bertz CT molecular complexity index is 483. The van der Waals surface area contributed by atoms with E-state index in [0.717, 1.165) is 18.5 Å². The van der Waals surface area contributed by atoms with E-state index in [4.69, 9.17) is 5.84 Å². The van der Waals surface area contributed by atoms with Gasteiger partial charge < -0.3 is 0 Å². The van der Waals surface area contributed by atoms with E-state index in [2.05, 4.69) is 22.5 Å². The molecule has 3 N–H and O–H groups in total. The van der Waals surface area contributed by atoms with Gasteiger partial charge in [0.2, 0.25) is 0 Å². The largest absolute Gasteiger partial charge is 0.296 e. The van der Waals surface area contributed by atoms with Crippen LogP contribution in [0.1, 0.15) is 54.4 Å². The van der Waals surface area contributed by atoms with Crippen molar-refractivity contribution in [1.82, 2.24) is 10.3 Å². The van der Waals surface area contributed by atoms with Crippen LogP contribution in [0.15, 0.2) is 24.3 Å². The van der Waals surface area contributed by atoms with Crippen LogP contribution in [-0.2, 0) is 6.54 Å². The Balaban J connectivity index is 1.66. The molecule has 2 fully saturated rings. The van der Waals surface area contributed by atoms with Crippen LogP contribution in [0.2, 0.25) is 0 Å². The Kier molecular flexibility index (Phi) is 4.56. The van der Waals surface area contributed by atoms with Crippen LogP contribution >= 0.6 is 0 Å². The number of carbonyl (C=O) groups is 1. The van der Waals surface area contributed by atoms with E-state index >= 15 is 0 Å². The Morgan fingerprint density at radius 1 is 1.14 bits per heavy atom. The summed E-state index contributed by atoms with van der Waals surface area (Å²) in [5.74, 6) is 5.84. The first-order valence-electron chi connectivity index (χ1n) is 8.12. The van der Waals surface area contributed by atoms with Gasteiger partial charge in [0.15, 0.2) is 0 Å². The van der Waals surface area contributed by atoms with E-state index in [1.807, 2.05) is 12.1 Å². The normalized spacial score (nSPS) is 26.1. The molecular formula is C17H25N3O. The third-order valence-electron chi connectivity index (χ3n) is 5.09. The van der Waals surface area contributed by atoms with E-state index in [-0.39, 0.29) is 5.91 Å². The maximum Gasteiger partial charge on any atom is 0.265 e. The minimum absolute atomic E-state index is 0.230. The van der Waals surface area contributed by atoms with Crippen molar-refractivity contribution in [2.24, 2.45) is 11.8 Å². The molecule has 114 valence electrons. The number of rotatable bonds is 3. The average molecular weight is 287 g/mol. The second-order valence-corrected chi connectivity index (χ2v) is 6.39. The molecule has 3 rings (SSSR count). The van der Waals surface area contributed by atoms with E-state index in [1.165, 1.54) is 50.6 Å². The Labute approximate surface area is 126 Å². The molecule has 4 nitrogen and oxygen atoms in total. The Hall–Kier alpha value is -1.39. The van der Waals surface area contributed by atoms with Gasteiger partial charge in [-0.25, -0.2) is 5.84 Å². The average Bonchev–Trinajstić information content (AvgIpc) is 2.55. The molecule has 1 aromatic rings. The molecule has 2 atom stereocenters. The first-order chi connectivity index (χ1) is 10.3. The highest BCUT2D eigenvalue weighted by molar-refractivity contribution is 5.93. The first-order valence-corrected chi connectivity index (χ1v) is 8.12. The minimum atomic E-state index is -0.230. The molecule has 0 radical (unpaired) electrons. The van der Waals surface area contributed by atoms with Crippen molar-refractivity contribution in [3.63, 3.8) is 0 Å². The monoisotopic (exact) mass is 287 g/mol. The summed E-state index contributed by atoms with van der Waals surface area (Å²) < 4.78 is 0. The number of hydrogen-bond acceptors (Lipinski definition) is 3. The van der Waals surface area contributed by atoms with Gasteiger partial charge in [0.05, 0.1) is 0 Å². The number of piperidine rings is 1. The summed E-state index contributed by atoms with van der Waals surface area (Å²) in [6.45, 7) is 2.22. The molecule has 2 unspecified atom stereocenters. The predicted molar refractivity (Wildman–Crippen MR) is 83.5 cm³/mol. The third-order valence-corrected chi connectivity index (χ3v) is 5.09. The molecule has 1 saturated carbocycles. The lowest BCUT2D eigenvalue weighted by atomic mass is 9.78. The van der Waals surface area contributed by atoms with Gasteiger partial charge in [-0.1, -0.05) is 25.0 Å². The lowest BCUT2D eigenvalue weighted by Gasteiger charge is -2.44. The number of nitrogens with zero attached hydrogens (tertiary/aromatic N) is 1. The van der Waals surface area contributed by atoms with Gasteiger partial charge in [0.1, 0.15) is 0 Å². The van der Waals surface area contributed by atoms with E-state index in [0.29, 0.717) is 5.56 Å². The van der Waals surface area contributed by atoms with Crippen LogP contribution in [0.5, 0.6) is 0 Å². The third kappa shape index (κ3) is 3.27. The van der Waals surface area contributed by atoms with Gasteiger partial charge in [-0.15, -0.1) is 0 Å². The molecule has 1 heterocycles. The maximum absolute atomic E-state index is 11.5. The SMILES string of the molecule is NNC(=O)c1ccc(CN2CCCC3CCCCC32)cc1. The summed E-state index contributed by atoms with van der Waals surface area (Å²) in [6.07, 6.45) is 8.31. The number of benzene rings is 1. The molecule has 2 aliphatic rings. The lowest BCUT2D eigenvalue weighted by molar-refractivity contribution is 0.0547. The predicted octanol–water partition coefficient (Wildman–Crippen LogP) is 2.44. The van der Waals surface area contributed by atoms with Crippen molar-refractivity contribution in [2.75, 3.05) is 6.54 Å². The van der Waals surface area contributed by atoms with Crippen molar-refractivity contribution in [1.29, 1.82) is 0 Å². The second kappa shape index (κ2) is 6.58. The summed E-state index contributed by atoms with van der Waals surface area (Å²) in [7, 11) is 0. The van der Waals surface area contributed by atoms with Gasteiger partial charge in [0, 0.05) is 18.2 Å². The maximum atomic E-state index is 11.5. The summed E-state index contributed by atoms with van der Waals surface area (Å²) in [5.41, 5.74) is 4.08. The van der Waals surface area contributed by atoms with Crippen molar-refractivity contribution in [3.05, 3.63) is 35.4 Å². The van der Waals surface area contributed by atoms with Gasteiger partial charge >= 0.3 is 0 Å². The minimum Gasteiger partial charge on any atom is -0.296 e. The molecule has 1 aliphatic carbocycles. The van der Waals surface area contributed by atoms with Crippen molar-refractivity contribution in [2.45, 2.75) is 51.1 Å². The molecule has 0 bridgehead atoms. The number of nitrogens with two attached hydrogens (primary N) is 1. The molecule has 0 aromatic heterocycles. The zero-order chi connectivity index (χ0) is 14.7. The van der Waals surface area contributed by atoms with Crippen LogP contribution in [0.3, 0.4) is 0 Å². The highest BCUT2D eigenvalue weighted by Gasteiger charge is 2.32. The Morgan fingerprint density at radius 2 is 1.86 bits per heavy atom. The number of nitrogens with one attached hydrogen (secondary N) is 1. The molecule has 1 saturated heterocycles. The van der Waals surface area contributed by atoms with E-state index in [9.17, 15) is 4.79 Å². The molecular weight excluding hydrogens is 262 g/mol. The number of carbonyl (C=O) groups excluding carboxylic acids is 1. The highest BCUT2D eigenvalue weighted by atomic mass is 16.2. The van der Waals surface area contributed by atoms with Crippen LogP contribution in [-0.4, -0.2) is 23.4 Å². The fraction of sp³-hybridized carbons (Fsp3) is 0.588. The number of nitrogen functional groups attached to an aromatic ring is 1. The summed E-state index contributed by atoms with van der Waals surface area (Å²) in [6, 6.07) is 8.60. The standard InChI is InChI=1S/C17H25N3O/c18-19-17(21)15-9-7-13(8-10-15)12-20-11-3-5-14-4-1-2-6-16(14)20/h7-10,14,16H,1-6,11-12,18H2,(H,19,21). The summed E-state index contributed by atoms with van der Waals surface area (Å²) in [5, 5.41) is 0. The smallest absolute Gasteiger partial charge is 0.265 e. The molecule has 1 aliphatic heterocycles. The van der Waals surface area contributed by atoms with Crippen LogP contribution in [0, 0.1) is 5.92 Å². The summed E-state index contributed by atoms with van der Waals surface area (Å²) in [4.78, 5) is 14.1. The zero-order valence-corrected chi connectivity index (χ0v) is 12.6. The van der Waals surface area contributed by atoms with Gasteiger partial charge in [-0.3, -0.25) is 15.1 Å². The van der Waals surface area contributed by atoms with Gasteiger partial charge in [-0.05, 0) is 55.8 Å². The number of hydrazine groups is 1. The second-order valence-electron chi connectivity index (χ2n) is 6.39. The van der Waals surface area contributed by atoms with E-state index in [1.54, 1.807) is 0 Å². The molecule has 4 heteroatoms. The molecule has 1 amide bonds. The quantitative estimate of drug-likeness (QED) is 0.510. The number of fused-ring (bicyclic) bond motifs is 1. The van der Waals surface area contributed by atoms with Crippen molar-refractivity contribution in [3.8, 4) is 0 Å². The zero-order valence-electron chi connectivity index (χ0n) is 12.6. The molecule has 1 aromatic carbocycles. The Morgan fingerprint density at radius 3 is 2.62 bits per heavy atom. The highest BCUT2D eigenvalue weighted by Crippen LogP contribution is 2.35.